The summed E-state index contributed by atoms with van der Waals surface area (Å²) in [5.41, 5.74) is 1.42. The Labute approximate surface area is 204 Å². The molecule has 0 aromatic heterocycles. The molecule has 4 unspecified atom stereocenters. The highest BCUT2D eigenvalue weighted by atomic mass is 19.1. The van der Waals surface area contributed by atoms with Crippen LogP contribution < -0.4 is 0 Å². The van der Waals surface area contributed by atoms with E-state index in [1.165, 1.54) is 7.11 Å². The minimum atomic E-state index is -1.04. The first kappa shape index (κ1) is 23.9. The zero-order chi connectivity index (χ0) is 24.5. The fourth-order valence-electron chi connectivity index (χ4n) is 5.65. The average molecular weight is 487 g/mol. The van der Waals surface area contributed by atoms with Crippen LogP contribution in [0.1, 0.15) is 47.6 Å². The fraction of sp³-hybridized carbons (Fsp3) is 0.577. The van der Waals surface area contributed by atoms with Crippen molar-refractivity contribution in [3.63, 3.8) is 0 Å². The molecule has 4 aliphatic rings. The summed E-state index contributed by atoms with van der Waals surface area (Å²) in [4.78, 5) is 43.0. The van der Waals surface area contributed by atoms with Crippen LogP contribution in [0.2, 0.25) is 0 Å². The van der Waals surface area contributed by atoms with Gasteiger partial charge < -0.3 is 19.1 Å². The number of carbonyl (C=O) groups is 3. The quantitative estimate of drug-likeness (QED) is 0.571. The molecule has 3 aliphatic heterocycles. The summed E-state index contributed by atoms with van der Waals surface area (Å²) in [6.07, 6.45) is 0.138. The lowest BCUT2D eigenvalue weighted by molar-refractivity contribution is -0.136. The van der Waals surface area contributed by atoms with Gasteiger partial charge in [0.2, 0.25) is 0 Å². The number of amides is 1. The number of hydrogen-bond acceptors (Lipinski definition) is 7. The van der Waals surface area contributed by atoms with Crippen LogP contribution in [0.5, 0.6) is 0 Å². The van der Waals surface area contributed by atoms with Gasteiger partial charge in [-0.2, -0.15) is 0 Å². The number of fused-ring (bicyclic) bond motifs is 1. The molecule has 8 nitrogen and oxygen atoms in total. The monoisotopic (exact) mass is 486 g/mol. The van der Waals surface area contributed by atoms with E-state index < -0.39 is 30.2 Å². The molecule has 0 spiro atoms. The third kappa shape index (κ3) is 4.59. The van der Waals surface area contributed by atoms with Crippen LogP contribution in [0.3, 0.4) is 0 Å². The Hall–Kier alpha value is -2.78. The minimum absolute atomic E-state index is 0.113. The van der Waals surface area contributed by atoms with Gasteiger partial charge in [-0.3, -0.25) is 14.5 Å². The van der Waals surface area contributed by atoms with Gasteiger partial charge in [-0.05, 0) is 43.4 Å². The van der Waals surface area contributed by atoms with Crippen molar-refractivity contribution in [1.82, 2.24) is 9.80 Å². The lowest BCUT2D eigenvalue weighted by Gasteiger charge is -2.36. The van der Waals surface area contributed by atoms with Crippen LogP contribution in [0.25, 0.3) is 0 Å². The molecule has 1 aromatic rings. The van der Waals surface area contributed by atoms with E-state index in [4.69, 9.17) is 14.2 Å². The molecule has 0 N–H and O–H groups in total. The third-order valence-corrected chi connectivity index (χ3v) is 7.50. The van der Waals surface area contributed by atoms with Crippen LogP contribution in [0.4, 0.5) is 4.39 Å². The summed E-state index contributed by atoms with van der Waals surface area (Å²) < 4.78 is 30.5. The normalized spacial score (nSPS) is 29.0. The third-order valence-electron chi connectivity index (χ3n) is 7.50. The zero-order valence-corrected chi connectivity index (χ0v) is 19.9. The largest absolute Gasteiger partial charge is 0.483 e. The highest BCUT2D eigenvalue weighted by molar-refractivity contribution is 6.11. The maximum Gasteiger partial charge on any atom is 0.337 e. The summed E-state index contributed by atoms with van der Waals surface area (Å²) in [6.45, 7) is 4.38. The van der Waals surface area contributed by atoms with Crippen LogP contribution in [-0.2, 0) is 23.8 Å². The summed E-state index contributed by atoms with van der Waals surface area (Å²) in [6, 6.07) is 6.12. The van der Waals surface area contributed by atoms with E-state index in [1.54, 1.807) is 29.2 Å². The lowest BCUT2D eigenvalue weighted by Crippen LogP contribution is -2.42. The Bertz CT molecular complexity index is 1020. The minimum Gasteiger partial charge on any atom is -0.483 e. The first-order valence-electron chi connectivity index (χ1n) is 12.4. The van der Waals surface area contributed by atoms with Crippen molar-refractivity contribution >= 4 is 17.7 Å². The van der Waals surface area contributed by atoms with Crippen LogP contribution in [-0.4, -0.2) is 86.2 Å². The van der Waals surface area contributed by atoms with Crippen molar-refractivity contribution in [2.24, 2.45) is 5.92 Å². The molecular weight excluding hydrogens is 455 g/mol. The Morgan fingerprint density at radius 3 is 2.57 bits per heavy atom. The summed E-state index contributed by atoms with van der Waals surface area (Å²) in [5.74, 6) is -1.40. The maximum atomic E-state index is 14.2. The molecule has 1 saturated carbocycles. The van der Waals surface area contributed by atoms with Crippen LogP contribution in [0.15, 0.2) is 35.6 Å². The number of esters is 1. The van der Waals surface area contributed by atoms with Crippen LogP contribution >= 0.6 is 0 Å². The number of ketones is 1. The molecule has 5 rings (SSSR count). The molecule has 9 heteroatoms. The van der Waals surface area contributed by atoms with Crippen molar-refractivity contribution in [1.29, 1.82) is 0 Å². The fourth-order valence-corrected chi connectivity index (χ4v) is 5.65. The van der Waals surface area contributed by atoms with Gasteiger partial charge in [0.05, 0.1) is 43.4 Å². The topological polar surface area (TPSA) is 85.4 Å². The number of ether oxygens (including phenoxy) is 3. The van der Waals surface area contributed by atoms with Crippen molar-refractivity contribution in [2.75, 3.05) is 46.5 Å². The van der Waals surface area contributed by atoms with E-state index >= 15 is 0 Å². The lowest BCUT2D eigenvalue weighted by atomic mass is 9.77. The molecule has 0 bridgehead atoms. The molecule has 1 saturated heterocycles. The standard InChI is InChI=1S/C26H31FN2O6/c1-33-26(32)17-5-3-16(4-6-17)22-21-23(30)19-15-18(27)7-8-20(19)35-24(21)25(31)29(22)10-2-9-28-11-13-34-14-12-28/h3-6,18-20,22H,2,7-15H2,1H3. The number of carbonyl (C=O) groups excluding carboxylic acids is 3. The number of benzene rings is 1. The highest BCUT2D eigenvalue weighted by Crippen LogP contribution is 2.47. The van der Waals surface area contributed by atoms with E-state index in [1.807, 2.05) is 0 Å². The summed E-state index contributed by atoms with van der Waals surface area (Å²) in [7, 11) is 1.32. The maximum absolute atomic E-state index is 14.2. The Balaban J connectivity index is 1.43. The molecule has 4 atom stereocenters. The van der Waals surface area contributed by atoms with Crippen LogP contribution in [0, 0.1) is 5.92 Å². The molecule has 188 valence electrons. The number of nitrogens with zero attached hydrogens (tertiary/aromatic N) is 2. The number of morpholine rings is 1. The Morgan fingerprint density at radius 1 is 1.11 bits per heavy atom. The van der Waals surface area contributed by atoms with Gasteiger partial charge in [0, 0.05) is 26.2 Å². The van der Waals surface area contributed by atoms with Gasteiger partial charge in [0.15, 0.2) is 11.5 Å². The predicted octanol–water partition coefficient (Wildman–Crippen LogP) is 2.44. The summed E-state index contributed by atoms with van der Waals surface area (Å²) >= 11 is 0. The number of methoxy groups -OCH3 is 1. The average Bonchev–Trinajstić information content (AvgIpc) is 3.16. The Morgan fingerprint density at radius 2 is 1.86 bits per heavy atom. The number of alkyl halides is 1. The van der Waals surface area contributed by atoms with Gasteiger partial charge >= 0.3 is 5.97 Å². The SMILES string of the molecule is COC(=O)c1ccc(C2C3=C(OC4CCC(F)CC4C3=O)C(=O)N2CCCN2CCOCC2)cc1. The van der Waals surface area contributed by atoms with Gasteiger partial charge in [-0.25, -0.2) is 9.18 Å². The molecule has 2 fully saturated rings. The Kier molecular flexibility index (Phi) is 6.88. The van der Waals surface area contributed by atoms with Crippen molar-refractivity contribution in [3.05, 3.63) is 46.7 Å². The van der Waals surface area contributed by atoms with Gasteiger partial charge in [-0.15, -0.1) is 0 Å². The van der Waals surface area contributed by atoms with E-state index in [-0.39, 0.29) is 23.9 Å². The van der Waals surface area contributed by atoms with Gasteiger partial charge in [0.25, 0.3) is 5.91 Å². The van der Waals surface area contributed by atoms with E-state index in [0.717, 1.165) is 26.1 Å². The molecule has 3 heterocycles. The van der Waals surface area contributed by atoms with Gasteiger partial charge in [0.1, 0.15) is 12.3 Å². The van der Waals surface area contributed by atoms with Crippen molar-refractivity contribution < 1.29 is 33.0 Å². The number of Topliss-reactive ketones (excluding diaryl/α,β-unsaturated/α-hetero) is 1. The van der Waals surface area contributed by atoms with Gasteiger partial charge in [-0.1, -0.05) is 12.1 Å². The number of hydrogen-bond donors (Lipinski definition) is 0. The van der Waals surface area contributed by atoms with Crippen molar-refractivity contribution in [3.8, 4) is 0 Å². The number of rotatable bonds is 6. The van der Waals surface area contributed by atoms with E-state index in [9.17, 15) is 18.8 Å². The first-order chi connectivity index (χ1) is 17.0. The zero-order valence-electron chi connectivity index (χ0n) is 19.9. The first-order valence-corrected chi connectivity index (χ1v) is 12.4. The second-order valence-corrected chi connectivity index (χ2v) is 9.60. The molecule has 1 aliphatic carbocycles. The number of halogens is 1. The molecular formula is C26H31FN2O6. The predicted molar refractivity (Wildman–Crippen MR) is 123 cm³/mol. The molecule has 35 heavy (non-hydrogen) atoms. The smallest absolute Gasteiger partial charge is 0.337 e. The highest BCUT2D eigenvalue weighted by Gasteiger charge is 2.52. The van der Waals surface area contributed by atoms with E-state index in [0.29, 0.717) is 49.3 Å². The van der Waals surface area contributed by atoms with E-state index in [2.05, 4.69) is 4.90 Å². The molecule has 1 amide bonds. The molecule has 0 radical (unpaired) electrons. The molecule has 1 aromatic carbocycles. The second-order valence-electron chi connectivity index (χ2n) is 9.60. The van der Waals surface area contributed by atoms with Crippen molar-refractivity contribution in [2.45, 2.75) is 44.0 Å². The second kappa shape index (κ2) is 10.1. The summed E-state index contributed by atoms with van der Waals surface area (Å²) in [5, 5.41) is 0.